The lowest BCUT2D eigenvalue weighted by atomic mass is 9.99. The second-order valence-corrected chi connectivity index (χ2v) is 2.73. The van der Waals surface area contributed by atoms with E-state index in [1.54, 1.807) is 6.08 Å². The molecule has 66 valence electrons. The van der Waals surface area contributed by atoms with Crippen molar-refractivity contribution in [2.75, 3.05) is 0 Å². The number of carboxylic acid groups (broad SMARTS) is 1. The van der Waals surface area contributed by atoms with Gasteiger partial charge in [0, 0.05) is 5.92 Å². The summed E-state index contributed by atoms with van der Waals surface area (Å²) < 4.78 is 4.78. The summed E-state index contributed by atoms with van der Waals surface area (Å²) in [5.74, 6) is -1.44. The molecule has 1 fully saturated rings. The van der Waals surface area contributed by atoms with Gasteiger partial charge < -0.3 is 9.84 Å². The molecule has 0 saturated carbocycles. The quantitative estimate of drug-likeness (QED) is 0.497. The summed E-state index contributed by atoms with van der Waals surface area (Å²) >= 11 is 0. The number of ether oxygens (including phenoxy) is 1. The first-order chi connectivity index (χ1) is 5.63. The molecule has 1 heterocycles. The molecule has 0 amide bonds. The maximum Gasteiger partial charge on any atom is 0.307 e. The van der Waals surface area contributed by atoms with Crippen LogP contribution in [0.15, 0.2) is 12.7 Å². The van der Waals surface area contributed by atoms with Crippen molar-refractivity contribution in [1.29, 1.82) is 0 Å². The molecular weight excluding hydrogens is 160 g/mol. The molecule has 12 heavy (non-hydrogen) atoms. The summed E-state index contributed by atoms with van der Waals surface area (Å²) in [7, 11) is 0. The van der Waals surface area contributed by atoms with Gasteiger partial charge >= 0.3 is 11.9 Å². The van der Waals surface area contributed by atoms with Crippen LogP contribution in [-0.2, 0) is 14.3 Å². The molecule has 4 heteroatoms. The first-order valence-electron chi connectivity index (χ1n) is 3.67. The number of carbonyl (C=O) groups is 2. The predicted molar refractivity (Wildman–Crippen MR) is 40.4 cm³/mol. The zero-order chi connectivity index (χ0) is 9.14. The number of carboxylic acids is 1. The van der Waals surface area contributed by atoms with E-state index in [2.05, 4.69) is 6.58 Å². The van der Waals surface area contributed by atoms with Crippen LogP contribution in [0.1, 0.15) is 12.8 Å². The maximum absolute atomic E-state index is 10.7. The second-order valence-electron chi connectivity index (χ2n) is 2.73. The number of cyclic esters (lactones) is 1. The third-order valence-corrected chi connectivity index (χ3v) is 1.84. The standard InChI is InChI=1S/C8H10O4/c1-2-5-3-8(11)12-6(5)4-7(9)10/h2,5-6H,1,3-4H2,(H,9,10). The van der Waals surface area contributed by atoms with Gasteiger partial charge in [-0.15, -0.1) is 6.58 Å². The minimum Gasteiger partial charge on any atom is -0.481 e. The molecule has 1 rings (SSSR count). The Hall–Kier alpha value is -1.32. The number of esters is 1. The fraction of sp³-hybridized carbons (Fsp3) is 0.500. The summed E-state index contributed by atoms with van der Waals surface area (Å²) in [6.07, 6.45) is 1.16. The summed E-state index contributed by atoms with van der Waals surface area (Å²) in [5.41, 5.74) is 0. The number of hydrogen-bond acceptors (Lipinski definition) is 3. The number of carbonyl (C=O) groups excluding carboxylic acids is 1. The Morgan fingerprint density at radius 3 is 3.00 bits per heavy atom. The zero-order valence-corrected chi connectivity index (χ0v) is 6.53. The Morgan fingerprint density at radius 2 is 2.50 bits per heavy atom. The molecule has 0 aromatic rings. The average Bonchev–Trinajstić information content (AvgIpc) is 2.29. The van der Waals surface area contributed by atoms with Gasteiger partial charge in [0.25, 0.3) is 0 Å². The molecule has 2 atom stereocenters. The second kappa shape index (κ2) is 3.38. The molecule has 1 aliphatic heterocycles. The molecule has 0 aromatic heterocycles. The fourth-order valence-corrected chi connectivity index (χ4v) is 1.23. The van der Waals surface area contributed by atoms with Crippen molar-refractivity contribution in [3.8, 4) is 0 Å². The van der Waals surface area contributed by atoms with Crippen molar-refractivity contribution in [2.24, 2.45) is 5.92 Å². The molecule has 1 saturated heterocycles. The maximum atomic E-state index is 10.7. The smallest absolute Gasteiger partial charge is 0.307 e. The number of aliphatic carboxylic acids is 1. The molecular formula is C8H10O4. The summed E-state index contributed by atoms with van der Waals surface area (Å²) in [6.45, 7) is 3.51. The summed E-state index contributed by atoms with van der Waals surface area (Å²) in [5, 5.41) is 8.45. The van der Waals surface area contributed by atoms with Gasteiger partial charge in [0.15, 0.2) is 0 Å². The van der Waals surface area contributed by atoms with Gasteiger partial charge in [0.1, 0.15) is 6.10 Å². The molecule has 2 unspecified atom stereocenters. The Kier molecular flexibility index (Phi) is 2.47. The van der Waals surface area contributed by atoms with E-state index in [-0.39, 0.29) is 24.7 Å². The van der Waals surface area contributed by atoms with Gasteiger partial charge in [-0.1, -0.05) is 6.08 Å². The lowest BCUT2D eigenvalue weighted by Crippen LogP contribution is -2.18. The van der Waals surface area contributed by atoms with Gasteiger partial charge in [-0.25, -0.2) is 0 Å². The Balaban J connectivity index is 2.57. The van der Waals surface area contributed by atoms with Crippen molar-refractivity contribution in [1.82, 2.24) is 0 Å². The average molecular weight is 170 g/mol. The Morgan fingerprint density at radius 1 is 1.83 bits per heavy atom. The van der Waals surface area contributed by atoms with Gasteiger partial charge in [-0.2, -0.15) is 0 Å². The van der Waals surface area contributed by atoms with E-state index < -0.39 is 12.1 Å². The lowest BCUT2D eigenvalue weighted by Gasteiger charge is -2.10. The molecule has 1 N–H and O–H groups in total. The number of rotatable bonds is 3. The van der Waals surface area contributed by atoms with Crippen LogP contribution in [0.2, 0.25) is 0 Å². The third-order valence-electron chi connectivity index (χ3n) is 1.84. The van der Waals surface area contributed by atoms with E-state index in [0.717, 1.165) is 0 Å². The molecule has 4 nitrogen and oxygen atoms in total. The van der Waals surface area contributed by atoms with Gasteiger partial charge in [0.2, 0.25) is 0 Å². The van der Waals surface area contributed by atoms with Crippen LogP contribution < -0.4 is 0 Å². The molecule has 1 aliphatic rings. The first kappa shape index (κ1) is 8.77. The lowest BCUT2D eigenvalue weighted by molar-refractivity contribution is -0.146. The van der Waals surface area contributed by atoms with E-state index in [1.807, 2.05) is 0 Å². The molecule has 0 aliphatic carbocycles. The van der Waals surface area contributed by atoms with Crippen LogP contribution >= 0.6 is 0 Å². The van der Waals surface area contributed by atoms with Gasteiger partial charge in [-0.05, 0) is 0 Å². The minimum absolute atomic E-state index is 0.136. The first-order valence-corrected chi connectivity index (χ1v) is 3.67. The van der Waals surface area contributed by atoms with Crippen molar-refractivity contribution in [2.45, 2.75) is 18.9 Å². The minimum atomic E-state index is -0.957. The van der Waals surface area contributed by atoms with Crippen LogP contribution in [0.3, 0.4) is 0 Å². The SMILES string of the molecule is C=CC1CC(=O)OC1CC(=O)O. The van der Waals surface area contributed by atoms with Crippen LogP contribution in [0.5, 0.6) is 0 Å². The van der Waals surface area contributed by atoms with Crippen molar-refractivity contribution >= 4 is 11.9 Å². The topological polar surface area (TPSA) is 63.6 Å². The van der Waals surface area contributed by atoms with Crippen LogP contribution in [0.25, 0.3) is 0 Å². The zero-order valence-electron chi connectivity index (χ0n) is 6.53. The molecule has 0 aromatic carbocycles. The van der Waals surface area contributed by atoms with Crippen LogP contribution in [-0.4, -0.2) is 23.1 Å². The number of hydrogen-bond donors (Lipinski definition) is 1. The summed E-state index contributed by atoms with van der Waals surface area (Å²) in [6, 6.07) is 0. The highest BCUT2D eigenvalue weighted by atomic mass is 16.6. The van der Waals surface area contributed by atoms with E-state index in [9.17, 15) is 9.59 Å². The van der Waals surface area contributed by atoms with E-state index in [1.165, 1.54) is 0 Å². The van der Waals surface area contributed by atoms with Gasteiger partial charge in [0.05, 0.1) is 12.8 Å². The van der Waals surface area contributed by atoms with Crippen LogP contribution in [0.4, 0.5) is 0 Å². The fourth-order valence-electron chi connectivity index (χ4n) is 1.23. The van der Waals surface area contributed by atoms with Crippen molar-refractivity contribution < 1.29 is 19.4 Å². The highest BCUT2D eigenvalue weighted by Gasteiger charge is 2.33. The predicted octanol–water partition coefficient (Wildman–Crippen LogP) is 0.579. The summed E-state index contributed by atoms with van der Waals surface area (Å²) in [4.78, 5) is 21.0. The molecule has 0 bridgehead atoms. The van der Waals surface area contributed by atoms with E-state index in [0.29, 0.717) is 0 Å². The highest BCUT2D eigenvalue weighted by molar-refractivity contribution is 5.74. The van der Waals surface area contributed by atoms with Crippen molar-refractivity contribution in [3.63, 3.8) is 0 Å². The molecule has 0 spiro atoms. The Bertz CT molecular complexity index is 221. The van der Waals surface area contributed by atoms with E-state index in [4.69, 9.17) is 9.84 Å². The largest absolute Gasteiger partial charge is 0.481 e. The highest BCUT2D eigenvalue weighted by Crippen LogP contribution is 2.25. The molecule has 0 radical (unpaired) electrons. The van der Waals surface area contributed by atoms with Crippen LogP contribution in [0, 0.1) is 5.92 Å². The monoisotopic (exact) mass is 170 g/mol. The Labute approximate surface area is 69.8 Å². The van der Waals surface area contributed by atoms with Gasteiger partial charge in [-0.3, -0.25) is 9.59 Å². The normalized spacial score (nSPS) is 28.2. The third kappa shape index (κ3) is 1.84. The van der Waals surface area contributed by atoms with Crippen molar-refractivity contribution in [3.05, 3.63) is 12.7 Å². The van der Waals surface area contributed by atoms with E-state index >= 15 is 0 Å².